The van der Waals surface area contributed by atoms with Crippen molar-refractivity contribution in [2.45, 2.75) is 6.92 Å². The number of rotatable bonds is 4. The van der Waals surface area contributed by atoms with Gasteiger partial charge in [0, 0.05) is 5.56 Å². The van der Waals surface area contributed by atoms with E-state index in [-0.39, 0.29) is 5.69 Å². The summed E-state index contributed by atoms with van der Waals surface area (Å²) < 4.78 is 5.44. The number of para-hydroxylation sites is 1. The van der Waals surface area contributed by atoms with Crippen LogP contribution in [0.2, 0.25) is 0 Å². The molecule has 0 atom stereocenters. The molecule has 0 amide bonds. The molecule has 0 aliphatic carbocycles. The van der Waals surface area contributed by atoms with Gasteiger partial charge in [0.25, 0.3) is 0 Å². The number of aromatic carboxylic acids is 1. The molecular formula is C12H11N2O3-. The van der Waals surface area contributed by atoms with Crippen LogP contribution in [-0.2, 0) is 0 Å². The molecule has 0 aliphatic rings. The first kappa shape index (κ1) is 11.2. The molecule has 1 heterocycles. The minimum Gasteiger partial charge on any atom is -0.543 e. The molecule has 0 spiro atoms. The van der Waals surface area contributed by atoms with Gasteiger partial charge in [0.15, 0.2) is 0 Å². The number of H-pyrrole nitrogens is 1. The SMILES string of the molecule is CCOc1ccccc1-c1cc(C(=O)[O-])[nH]n1. The lowest BCUT2D eigenvalue weighted by Gasteiger charge is -2.07. The fourth-order valence-corrected chi connectivity index (χ4v) is 1.52. The summed E-state index contributed by atoms with van der Waals surface area (Å²) in [4.78, 5) is 10.6. The highest BCUT2D eigenvalue weighted by molar-refractivity contribution is 5.85. The van der Waals surface area contributed by atoms with Gasteiger partial charge in [-0.2, -0.15) is 5.10 Å². The van der Waals surface area contributed by atoms with Gasteiger partial charge in [-0.05, 0) is 25.1 Å². The Labute approximate surface area is 98.0 Å². The van der Waals surface area contributed by atoms with Crippen LogP contribution in [0.3, 0.4) is 0 Å². The number of carboxylic acids is 1. The molecule has 0 saturated heterocycles. The highest BCUT2D eigenvalue weighted by Gasteiger charge is 2.09. The number of ether oxygens (including phenoxy) is 1. The number of carbonyl (C=O) groups is 1. The maximum atomic E-state index is 10.6. The maximum Gasteiger partial charge on any atom is 0.128 e. The molecule has 1 aromatic carbocycles. The maximum absolute atomic E-state index is 10.6. The second-order valence-corrected chi connectivity index (χ2v) is 3.38. The normalized spacial score (nSPS) is 10.2. The molecule has 2 aromatic rings. The molecule has 0 saturated carbocycles. The molecule has 0 aliphatic heterocycles. The first-order chi connectivity index (χ1) is 8.22. The lowest BCUT2D eigenvalue weighted by atomic mass is 10.1. The zero-order chi connectivity index (χ0) is 12.3. The van der Waals surface area contributed by atoms with E-state index in [0.29, 0.717) is 18.1 Å². The number of benzene rings is 1. The molecule has 2 rings (SSSR count). The molecule has 0 bridgehead atoms. The quantitative estimate of drug-likeness (QED) is 0.845. The lowest BCUT2D eigenvalue weighted by Crippen LogP contribution is -2.22. The third kappa shape index (κ3) is 2.28. The second-order valence-electron chi connectivity index (χ2n) is 3.38. The number of aromatic amines is 1. The molecule has 1 N–H and O–H groups in total. The van der Waals surface area contributed by atoms with Crippen molar-refractivity contribution in [2.75, 3.05) is 6.61 Å². The van der Waals surface area contributed by atoms with Gasteiger partial charge in [-0.3, -0.25) is 5.10 Å². The van der Waals surface area contributed by atoms with Gasteiger partial charge in [-0.1, -0.05) is 12.1 Å². The summed E-state index contributed by atoms with van der Waals surface area (Å²) in [5, 5.41) is 17.0. The van der Waals surface area contributed by atoms with E-state index in [1.807, 2.05) is 31.2 Å². The Morgan fingerprint density at radius 2 is 2.24 bits per heavy atom. The molecule has 0 radical (unpaired) electrons. The van der Waals surface area contributed by atoms with E-state index >= 15 is 0 Å². The summed E-state index contributed by atoms with van der Waals surface area (Å²) in [7, 11) is 0. The van der Waals surface area contributed by atoms with Crippen molar-refractivity contribution < 1.29 is 14.6 Å². The van der Waals surface area contributed by atoms with Crippen LogP contribution in [-0.4, -0.2) is 22.8 Å². The van der Waals surface area contributed by atoms with Gasteiger partial charge in [0.05, 0.1) is 24.0 Å². The third-order valence-electron chi connectivity index (χ3n) is 2.26. The number of nitrogens with one attached hydrogen (secondary N) is 1. The largest absolute Gasteiger partial charge is 0.543 e. The molecule has 0 unspecified atom stereocenters. The van der Waals surface area contributed by atoms with Gasteiger partial charge in [0.1, 0.15) is 5.75 Å². The first-order valence-corrected chi connectivity index (χ1v) is 5.21. The number of hydrogen-bond acceptors (Lipinski definition) is 4. The standard InChI is InChI=1S/C12H12N2O3/c1-2-17-11-6-4-3-5-8(11)9-7-10(12(15)16)14-13-9/h3-7H,2H2,1H3,(H,13,14)(H,15,16)/p-1. The average Bonchev–Trinajstić information content (AvgIpc) is 2.79. The van der Waals surface area contributed by atoms with E-state index in [1.54, 1.807) is 0 Å². The van der Waals surface area contributed by atoms with Gasteiger partial charge in [-0.25, -0.2) is 0 Å². The van der Waals surface area contributed by atoms with Crippen LogP contribution < -0.4 is 9.84 Å². The molecule has 5 heteroatoms. The van der Waals surface area contributed by atoms with Crippen LogP contribution in [0, 0.1) is 0 Å². The number of carboxylic acid groups (broad SMARTS) is 1. The molecule has 88 valence electrons. The molecular weight excluding hydrogens is 220 g/mol. The lowest BCUT2D eigenvalue weighted by molar-refractivity contribution is -0.255. The zero-order valence-electron chi connectivity index (χ0n) is 9.27. The van der Waals surface area contributed by atoms with E-state index in [2.05, 4.69) is 10.2 Å². The fourth-order valence-electron chi connectivity index (χ4n) is 1.52. The Morgan fingerprint density at radius 1 is 1.47 bits per heavy atom. The van der Waals surface area contributed by atoms with Crippen LogP contribution in [0.4, 0.5) is 0 Å². The van der Waals surface area contributed by atoms with E-state index in [4.69, 9.17) is 4.74 Å². The number of aromatic nitrogens is 2. The average molecular weight is 231 g/mol. The summed E-state index contributed by atoms with van der Waals surface area (Å²) in [5.74, 6) is -0.607. The van der Waals surface area contributed by atoms with Gasteiger partial charge < -0.3 is 14.6 Å². The number of carbonyl (C=O) groups excluding carboxylic acids is 1. The third-order valence-corrected chi connectivity index (χ3v) is 2.26. The number of hydrogen-bond donors (Lipinski definition) is 1. The van der Waals surface area contributed by atoms with Crippen molar-refractivity contribution in [2.24, 2.45) is 0 Å². The van der Waals surface area contributed by atoms with E-state index in [1.165, 1.54) is 6.07 Å². The second kappa shape index (κ2) is 4.69. The zero-order valence-corrected chi connectivity index (χ0v) is 9.27. The summed E-state index contributed by atoms with van der Waals surface area (Å²) in [6, 6.07) is 8.74. The molecule has 5 nitrogen and oxygen atoms in total. The summed E-state index contributed by atoms with van der Waals surface area (Å²) in [5.41, 5.74) is 1.22. The smallest absolute Gasteiger partial charge is 0.128 e. The van der Waals surface area contributed by atoms with Gasteiger partial charge >= 0.3 is 0 Å². The number of nitrogens with zero attached hydrogens (tertiary/aromatic N) is 1. The van der Waals surface area contributed by atoms with E-state index in [0.717, 1.165) is 5.56 Å². The predicted octanol–water partition coefficient (Wildman–Crippen LogP) is 0.839. The molecule has 0 fully saturated rings. The Bertz CT molecular complexity index is 534. The monoisotopic (exact) mass is 231 g/mol. The van der Waals surface area contributed by atoms with Crippen LogP contribution in [0.5, 0.6) is 5.75 Å². The predicted molar refractivity (Wildman–Crippen MR) is 59.5 cm³/mol. The molecule has 1 aromatic heterocycles. The van der Waals surface area contributed by atoms with Crippen molar-refractivity contribution in [3.63, 3.8) is 0 Å². The van der Waals surface area contributed by atoms with Crippen LogP contribution in [0.15, 0.2) is 30.3 Å². The highest BCUT2D eigenvalue weighted by Crippen LogP contribution is 2.28. The minimum absolute atomic E-state index is 0.0497. The Kier molecular flexibility index (Phi) is 3.09. The highest BCUT2D eigenvalue weighted by atomic mass is 16.5. The Balaban J connectivity index is 2.41. The Morgan fingerprint density at radius 3 is 2.88 bits per heavy atom. The van der Waals surface area contributed by atoms with Crippen molar-refractivity contribution in [3.8, 4) is 17.0 Å². The Hall–Kier alpha value is -2.30. The van der Waals surface area contributed by atoms with Gasteiger partial charge in [0.2, 0.25) is 0 Å². The first-order valence-electron chi connectivity index (χ1n) is 5.21. The summed E-state index contributed by atoms with van der Waals surface area (Å²) >= 11 is 0. The van der Waals surface area contributed by atoms with Gasteiger partial charge in [-0.15, -0.1) is 0 Å². The van der Waals surface area contributed by atoms with Crippen LogP contribution in [0.25, 0.3) is 11.3 Å². The molecule has 17 heavy (non-hydrogen) atoms. The fraction of sp³-hybridized carbons (Fsp3) is 0.167. The van der Waals surface area contributed by atoms with Crippen molar-refractivity contribution in [1.82, 2.24) is 10.2 Å². The van der Waals surface area contributed by atoms with E-state index in [9.17, 15) is 9.90 Å². The summed E-state index contributed by atoms with van der Waals surface area (Å²) in [6.07, 6.45) is 0. The van der Waals surface area contributed by atoms with Crippen molar-refractivity contribution in [3.05, 3.63) is 36.0 Å². The summed E-state index contributed by atoms with van der Waals surface area (Å²) in [6.45, 7) is 2.42. The van der Waals surface area contributed by atoms with Crippen molar-refractivity contribution >= 4 is 5.97 Å². The van der Waals surface area contributed by atoms with Crippen LogP contribution in [0.1, 0.15) is 17.4 Å². The topological polar surface area (TPSA) is 78.0 Å². The minimum atomic E-state index is -1.28. The van der Waals surface area contributed by atoms with Crippen molar-refractivity contribution in [1.29, 1.82) is 0 Å². The van der Waals surface area contributed by atoms with E-state index < -0.39 is 5.97 Å². The van der Waals surface area contributed by atoms with Crippen LogP contribution >= 0.6 is 0 Å².